The maximum absolute atomic E-state index is 6.01. The van der Waals surface area contributed by atoms with E-state index in [1.165, 1.54) is 89.9 Å². The molecular formula is C19H36O. The zero-order valence-corrected chi connectivity index (χ0v) is 13.6. The van der Waals surface area contributed by atoms with Crippen LogP contribution >= 0.6 is 0 Å². The van der Waals surface area contributed by atoms with Crippen LogP contribution in [0.3, 0.4) is 0 Å². The second-order valence-corrected chi connectivity index (χ2v) is 6.33. The summed E-state index contributed by atoms with van der Waals surface area (Å²) >= 11 is 0. The van der Waals surface area contributed by atoms with E-state index in [9.17, 15) is 0 Å². The summed E-state index contributed by atoms with van der Waals surface area (Å²) in [5.41, 5.74) is 0. The van der Waals surface area contributed by atoms with Gasteiger partial charge in [0.1, 0.15) is 0 Å². The van der Waals surface area contributed by atoms with E-state index in [0.29, 0.717) is 6.10 Å². The van der Waals surface area contributed by atoms with E-state index in [1.54, 1.807) is 0 Å². The highest BCUT2D eigenvalue weighted by Gasteiger charge is 2.11. The Morgan fingerprint density at radius 3 is 2.15 bits per heavy atom. The molecule has 0 aromatic carbocycles. The summed E-state index contributed by atoms with van der Waals surface area (Å²) in [6.07, 6.45) is 22.9. The second-order valence-electron chi connectivity index (χ2n) is 6.33. The molecule has 1 rings (SSSR count). The van der Waals surface area contributed by atoms with Crippen molar-refractivity contribution < 1.29 is 4.74 Å². The van der Waals surface area contributed by atoms with Gasteiger partial charge in [0.05, 0.1) is 6.10 Å². The van der Waals surface area contributed by atoms with Gasteiger partial charge in [-0.2, -0.15) is 0 Å². The summed E-state index contributed by atoms with van der Waals surface area (Å²) in [5.74, 6) is 0. The molecule has 1 fully saturated rings. The van der Waals surface area contributed by atoms with Crippen molar-refractivity contribution in [2.75, 3.05) is 6.61 Å². The number of hydrogen-bond donors (Lipinski definition) is 0. The molecule has 2 radical (unpaired) electrons. The number of ether oxygens (including phenoxy) is 1. The molecule has 1 saturated carbocycles. The molecular weight excluding hydrogens is 244 g/mol. The largest absolute Gasteiger partial charge is 0.378 e. The number of unbranched alkanes of at least 4 members (excludes halogenated alkanes) is 9. The molecule has 1 aliphatic carbocycles. The van der Waals surface area contributed by atoms with Gasteiger partial charge in [0.2, 0.25) is 0 Å². The second kappa shape index (κ2) is 13.9. The molecule has 1 aliphatic rings. The first-order valence-corrected chi connectivity index (χ1v) is 9.16. The van der Waals surface area contributed by atoms with Gasteiger partial charge >= 0.3 is 0 Å². The van der Waals surface area contributed by atoms with Crippen molar-refractivity contribution in [3.8, 4) is 0 Å². The Kier molecular flexibility index (Phi) is 12.5. The highest BCUT2D eigenvalue weighted by atomic mass is 16.5. The van der Waals surface area contributed by atoms with E-state index in [1.807, 2.05) is 0 Å². The maximum atomic E-state index is 6.01. The molecule has 1 nitrogen and oxygen atoms in total. The molecule has 0 aromatic rings. The first-order valence-electron chi connectivity index (χ1n) is 9.16. The van der Waals surface area contributed by atoms with Crippen LogP contribution in [-0.2, 0) is 4.74 Å². The monoisotopic (exact) mass is 280 g/mol. The molecule has 20 heavy (non-hydrogen) atoms. The summed E-state index contributed by atoms with van der Waals surface area (Å²) in [5, 5.41) is 0. The van der Waals surface area contributed by atoms with Crippen LogP contribution < -0.4 is 0 Å². The predicted molar refractivity (Wildman–Crippen MR) is 88.7 cm³/mol. The van der Waals surface area contributed by atoms with Crippen molar-refractivity contribution in [3.05, 3.63) is 13.3 Å². The quantitative estimate of drug-likeness (QED) is 0.302. The van der Waals surface area contributed by atoms with Crippen molar-refractivity contribution in [1.29, 1.82) is 0 Å². The fraction of sp³-hybridized carbons (Fsp3) is 0.895. The number of rotatable bonds is 12. The normalized spacial score (nSPS) is 17.2. The van der Waals surface area contributed by atoms with E-state index >= 15 is 0 Å². The summed E-state index contributed by atoms with van der Waals surface area (Å²) in [6, 6.07) is 0. The summed E-state index contributed by atoms with van der Waals surface area (Å²) in [6.45, 7) is 4.88. The van der Waals surface area contributed by atoms with Crippen LogP contribution in [0.4, 0.5) is 0 Å². The molecule has 0 N–H and O–H groups in total. The zero-order chi connectivity index (χ0) is 14.3. The highest BCUT2D eigenvalue weighted by Crippen LogP contribution is 2.19. The zero-order valence-electron chi connectivity index (χ0n) is 13.6. The smallest absolute Gasteiger partial charge is 0.0575 e. The first kappa shape index (κ1) is 18.0. The van der Waals surface area contributed by atoms with E-state index in [2.05, 4.69) is 13.3 Å². The molecule has 1 unspecified atom stereocenters. The van der Waals surface area contributed by atoms with Crippen LogP contribution in [-0.4, -0.2) is 12.7 Å². The minimum atomic E-state index is 0.557. The maximum Gasteiger partial charge on any atom is 0.0575 e. The van der Waals surface area contributed by atoms with Gasteiger partial charge in [-0.1, -0.05) is 77.6 Å². The van der Waals surface area contributed by atoms with Crippen molar-refractivity contribution in [3.63, 3.8) is 0 Å². The molecule has 1 atom stereocenters. The third kappa shape index (κ3) is 10.7. The lowest BCUT2D eigenvalue weighted by Gasteiger charge is -2.15. The Hall–Kier alpha value is -0.0400. The van der Waals surface area contributed by atoms with Gasteiger partial charge in [-0.05, 0) is 32.1 Å². The topological polar surface area (TPSA) is 9.23 Å². The minimum absolute atomic E-state index is 0.557. The van der Waals surface area contributed by atoms with Crippen molar-refractivity contribution in [2.45, 2.75) is 102 Å². The van der Waals surface area contributed by atoms with E-state index in [-0.39, 0.29) is 0 Å². The van der Waals surface area contributed by atoms with Crippen molar-refractivity contribution >= 4 is 0 Å². The van der Waals surface area contributed by atoms with Gasteiger partial charge < -0.3 is 4.74 Å². The fourth-order valence-electron chi connectivity index (χ4n) is 3.02. The molecule has 0 amide bonds. The van der Waals surface area contributed by atoms with Gasteiger partial charge in [-0.3, -0.25) is 0 Å². The standard InChI is InChI=1S/C19H36O/c1-2-3-4-5-6-7-8-9-12-15-18-20-19-16-13-10-11-14-17-19/h10,19H,1-9,11-18H2. The lowest BCUT2D eigenvalue weighted by Crippen LogP contribution is -2.12. The molecule has 0 heterocycles. The number of hydrogen-bond acceptors (Lipinski definition) is 1. The minimum Gasteiger partial charge on any atom is -0.378 e. The van der Waals surface area contributed by atoms with Crippen LogP contribution in [0, 0.1) is 13.3 Å². The molecule has 0 bridgehead atoms. The third-order valence-corrected chi connectivity index (χ3v) is 4.38. The van der Waals surface area contributed by atoms with Crippen LogP contribution in [0.25, 0.3) is 0 Å². The molecule has 0 aromatic heterocycles. The Labute approximate surface area is 127 Å². The van der Waals surface area contributed by atoms with E-state index < -0.39 is 0 Å². The lowest BCUT2D eigenvalue weighted by atomic mass is 10.1. The Balaban J connectivity index is 1.76. The predicted octanol–water partition coefficient (Wildman–Crippen LogP) is 6.28. The van der Waals surface area contributed by atoms with Gasteiger partial charge in [0.15, 0.2) is 0 Å². The molecule has 118 valence electrons. The summed E-state index contributed by atoms with van der Waals surface area (Å²) < 4.78 is 6.01. The average molecular weight is 280 g/mol. The van der Waals surface area contributed by atoms with Crippen LogP contribution in [0.5, 0.6) is 0 Å². The van der Waals surface area contributed by atoms with Crippen molar-refractivity contribution in [1.82, 2.24) is 0 Å². The molecule has 0 spiro atoms. The Morgan fingerprint density at radius 1 is 0.800 bits per heavy atom. The third-order valence-electron chi connectivity index (χ3n) is 4.38. The molecule has 1 heteroatoms. The van der Waals surface area contributed by atoms with E-state index in [0.717, 1.165) is 13.0 Å². The first-order chi connectivity index (χ1) is 9.93. The molecule has 0 aliphatic heterocycles. The van der Waals surface area contributed by atoms with Gasteiger partial charge in [0.25, 0.3) is 0 Å². The van der Waals surface area contributed by atoms with Crippen LogP contribution in [0.15, 0.2) is 0 Å². The highest BCUT2D eigenvalue weighted by molar-refractivity contribution is 4.74. The summed E-state index contributed by atoms with van der Waals surface area (Å²) in [7, 11) is 0. The molecule has 0 saturated heterocycles. The van der Waals surface area contributed by atoms with Gasteiger partial charge in [-0.15, -0.1) is 0 Å². The van der Waals surface area contributed by atoms with Gasteiger partial charge in [0, 0.05) is 6.61 Å². The van der Waals surface area contributed by atoms with Crippen LogP contribution in [0.1, 0.15) is 96.3 Å². The fourth-order valence-corrected chi connectivity index (χ4v) is 3.02. The van der Waals surface area contributed by atoms with E-state index in [4.69, 9.17) is 4.74 Å². The Morgan fingerprint density at radius 2 is 1.45 bits per heavy atom. The lowest BCUT2D eigenvalue weighted by molar-refractivity contribution is 0.0411. The average Bonchev–Trinajstić information content (AvgIpc) is 2.73. The van der Waals surface area contributed by atoms with Crippen molar-refractivity contribution in [2.24, 2.45) is 0 Å². The van der Waals surface area contributed by atoms with Gasteiger partial charge in [-0.25, -0.2) is 0 Å². The SMILES string of the molecule is [CH2]CCCCCCCCCCCOC1CC[CH]CCC1. The van der Waals surface area contributed by atoms with Crippen LogP contribution in [0.2, 0.25) is 0 Å². The Bertz CT molecular complexity index is 182. The summed E-state index contributed by atoms with van der Waals surface area (Å²) in [4.78, 5) is 0.